The molecule has 1 aliphatic carbocycles. The van der Waals surface area contributed by atoms with Gasteiger partial charge in [-0.25, -0.2) is 0 Å². The largest absolute Gasteiger partial charge is 0.356 e. The van der Waals surface area contributed by atoms with Gasteiger partial charge in [-0.3, -0.25) is 14.6 Å². The lowest BCUT2D eigenvalue weighted by Crippen LogP contribution is -2.42. The highest BCUT2D eigenvalue weighted by atomic mass is 16.3. The first-order valence-corrected chi connectivity index (χ1v) is 10.5. The zero-order valence-electron chi connectivity index (χ0n) is 18.0. The Labute approximate surface area is 185 Å². The monoisotopic (exact) mass is 431 g/mol. The van der Waals surface area contributed by atoms with Crippen molar-refractivity contribution in [1.29, 1.82) is 0 Å². The number of carbonyl (C=O) groups is 2. The highest BCUT2D eigenvalue weighted by molar-refractivity contribution is 6.09. The molecule has 0 spiro atoms. The number of nitrogens with one attached hydrogen (secondary N) is 3. The second kappa shape index (κ2) is 8.74. The van der Waals surface area contributed by atoms with Crippen molar-refractivity contribution in [3.8, 4) is 11.3 Å². The minimum atomic E-state index is -0.896. The fraction of sp³-hybridized carbons (Fsp3) is 0.292. The van der Waals surface area contributed by atoms with Gasteiger partial charge in [-0.1, -0.05) is 23.4 Å². The molecule has 1 atom stereocenters. The van der Waals surface area contributed by atoms with Crippen molar-refractivity contribution in [3.05, 3.63) is 71.0 Å². The van der Waals surface area contributed by atoms with Crippen molar-refractivity contribution in [1.82, 2.24) is 15.3 Å². The summed E-state index contributed by atoms with van der Waals surface area (Å²) in [6, 6.07) is 13.4. The Bertz CT molecular complexity index is 1140. The van der Waals surface area contributed by atoms with Gasteiger partial charge in [0.1, 0.15) is 5.54 Å². The standard InChI is InChI=1S/C24H25N5O3/c1-24(2,29-32)14-26-23(31)16-12-18-20(19(30)13-16)22(27-17-6-4-3-5-7-17)21(28-18)15-8-10-25-11-9-15/h3-11,16,27-28H,12-14H2,1-2H3,(H,26,31). The Morgan fingerprint density at radius 3 is 2.56 bits per heavy atom. The lowest BCUT2D eigenvalue weighted by molar-refractivity contribution is -0.125. The maximum Gasteiger partial charge on any atom is 0.224 e. The third-order valence-corrected chi connectivity index (χ3v) is 5.56. The molecule has 1 amide bonds. The van der Waals surface area contributed by atoms with Gasteiger partial charge in [-0.15, -0.1) is 0 Å². The number of ketones is 1. The van der Waals surface area contributed by atoms with E-state index in [1.807, 2.05) is 42.5 Å². The van der Waals surface area contributed by atoms with E-state index >= 15 is 0 Å². The van der Waals surface area contributed by atoms with Crippen molar-refractivity contribution in [2.45, 2.75) is 32.2 Å². The Kier molecular flexibility index (Phi) is 5.85. The summed E-state index contributed by atoms with van der Waals surface area (Å²) in [5.74, 6) is -0.863. The number of nitroso groups, excluding NO2 is 1. The average molecular weight is 431 g/mol. The zero-order valence-corrected chi connectivity index (χ0v) is 18.0. The first-order valence-electron chi connectivity index (χ1n) is 10.5. The van der Waals surface area contributed by atoms with Crippen molar-refractivity contribution in [2.24, 2.45) is 11.1 Å². The van der Waals surface area contributed by atoms with Crippen LogP contribution >= 0.6 is 0 Å². The topological polar surface area (TPSA) is 116 Å². The van der Waals surface area contributed by atoms with Crippen LogP contribution in [0.25, 0.3) is 11.3 Å². The van der Waals surface area contributed by atoms with Crippen molar-refractivity contribution >= 4 is 23.1 Å². The number of hydrogen-bond donors (Lipinski definition) is 3. The predicted octanol–water partition coefficient (Wildman–Crippen LogP) is 4.23. The molecule has 4 rings (SSSR count). The highest BCUT2D eigenvalue weighted by Gasteiger charge is 2.35. The van der Waals surface area contributed by atoms with E-state index in [0.29, 0.717) is 17.7 Å². The molecule has 1 unspecified atom stereocenters. The van der Waals surface area contributed by atoms with Crippen LogP contribution in [0.5, 0.6) is 0 Å². The number of hydrogen-bond acceptors (Lipinski definition) is 6. The predicted molar refractivity (Wildman–Crippen MR) is 123 cm³/mol. The molecule has 8 nitrogen and oxygen atoms in total. The molecular weight excluding hydrogens is 406 g/mol. The van der Waals surface area contributed by atoms with Gasteiger partial charge in [0.2, 0.25) is 5.91 Å². The minimum Gasteiger partial charge on any atom is -0.356 e. The molecule has 3 aromatic rings. The van der Waals surface area contributed by atoms with Crippen LogP contribution < -0.4 is 10.6 Å². The number of para-hydroxylation sites is 1. The fourth-order valence-corrected chi connectivity index (χ4v) is 3.85. The number of rotatable bonds is 7. The zero-order chi connectivity index (χ0) is 22.7. The van der Waals surface area contributed by atoms with Crippen molar-refractivity contribution in [2.75, 3.05) is 11.9 Å². The summed E-state index contributed by atoms with van der Waals surface area (Å²) in [4.78, 5) is 44.3. The Balaban J connectivity index is 1.66. The van der Waals surface area contributed by atoms with E-state index in [1.54, 1.807) is 26.2 Å². The Morgan fingerprint density at radius 1 is 1.16 bits per heavy atom. The minimum absolute atomic E-state index is 0.102. The van der Waals surface area contributed by atoms with Crippen LogP contribution in [0.15, 0.2) is 60.0 Å². The van der Waals surface area contributed by atoms with Crippen LogP contribution in [-0.4, -0.2) is 33.7 Å². The van der Waals surface area contributed by atoms with Gasteiger partial charge >= 0.3 is 0 Å². The highest BCUT2D eigenvalue weighted by Crippen LogP contribution is 2.39. The molecule has 0 bridgehead atoms. The number of Topliss-reactive ketones (excluding diaryl/α,β-unsaturated/α-hetero) is 1. The first kappa shape index (κ1) is 21.4. The number of pyridine rings is 1. The van der Waals surface area contributed by atoms with E-state index < -0.39 is 11.5 Å². The van der Waals surface area contributed by atoms with Gasteiger partial charge in [0.05, 0.1) is 22.9 Å². The molecule has 3 N–H and O–H groups in total. The van der Waals surface area contributed by atoms with Crippen molar-refractivity contribution in [3.63, 3.8) is 0 Å². The van der Waals surface area contributed by atoms with E-state index in [0.717, 1.165) is 22.6 Å². The number of aromatic nitrogens is 2. The molecule has 2 heterocycles. The number of aromatic amines is 1. The molecule has 0 fully saturated rings. The molecule has 2 aromatic heterocycles. The summed E-state index contributed by atoms with van der Waals surface area (Å²) >= 11 is 0. The number of H-pyrrole nitrogens is 1. The van der Waals surface area contributed by atoms with E-state index in [4.69, 9.17) is 0 Å². The van der Waals surface area contributed by atoms with E-state index in [1.165, 1.54) is 0 Å². The van der Waals surface area contributed by atoms with Crippen LogP contribution in [0.1, 0.15) is 36.3 Å². The van der Waals surface area contributed by atoms with Crippen LogP contribution in [0.2, 0.25) is 0 Å². The molecule has 8 heteroatoms. The van der Waals surface area contributed by atoms with Crippen LogP contribution in [-0.2, 0) is 11.2 Å². The van der Waals surface area contributed by atoms with Gasteiger partial charge in [-0.2, -0.15) is 4.91 Å². The summed E-state index contributed by atoms with van der Waals surface area (Å²) in [7, 11) is 0. The molecule has 1 aliphatic rings. The lowest BCUT2D eigenvalue weighted by atomic mass is 9.85. The number of benzene rings is 1. The van der Waals surface area contributed by atoms with Gasteiger partial charge in [-0.05, 0) is 38.1 Å². The van der Waals surface area contributed by atoms with Gasteiger partial charge in [0.15, 0.2) is 5.78 Å². The first-order chi connectivity index (χ1) is 15.4. The molecule has 32 heavy (non-hydrogen) atoms. The third-order valence-electron chi connectivity index (χ3n) is 5.56. The summed E-state index contributed by atoms with van der Waals surface area (Å²) < 4.78 is 0. The molecule has 1 aromatic carbocycles. The summed E-state index contributed by atoms with van der Waals surface area (Å²) in [6.07, 6.45) is 3.89. The van der Waals surface area contributed by atoms with Gasteiger partial charge in [0.25, 0.3) is 0 Å². The number of carbonyl (C=O) groups excluding carboxylic acids is 2. The second-order valence-corrected chi connectivity index (χ2v) is 8.61. The van der Waals surface area contributed by atoms with Crippen LogP contribution in [0.3, 0.4) is 0 Å². The summed E-state index contributed by atoms with van der Waals surface area (Å²) in [5, 5.41) is 9.18. The van der Waals surface area contributed by atoms with Gasteiger partial charge < -0.3 is 15.6 Å². The Hall–Kier alpha value is -3.81. The molecular formula is C24H25N5O3. The van der Waals surface area contributed by atoms with Gasteiger partial charge in [0, 0.05) is 48.7 Å². The maximum absolute atomic E-state index is 13.2. The number of amides is 1. The number of anilines is 2. The molecule has 0 saturated heterocycles. The summed E-state index contributed by atoms with van der Waals surface area (Å²) in [5.41, 5.74) is 3.64. The molecule has 0 saturated carbocycles. The maximum atomic E-state index is 13.2. The summed E-state index contributed by atoms with van der Waals surface area (Å²) in [6.45, 7) is 3.43. The normalized spacial score (nSPS) is 15.7. The van der Waals surface area contributed by atoms with E-state index in [2.05, 4.69) is 25.8 Å². The molecule has 0 radical (unpaired) electrons. The van der Waals surface area contributed by atoms with E-state index in [-0.39, 0.29) is 24.7 Å². The van der Waals surface area contributed by atoms with Crippen LogP contribution in [0.4, 0.5) is 11.4 Å². The van der Waals surface area contributed by atoms with Crippen LogP contribution in [0, 0.1) is 10.8 Å². The average Bonchev–Trinajstić information content (AvgIpc) is 3.17. The van der Waals surface area contributed by atoms with E-state index in [9.17, 15) is 14.5 Å². The van der Waals surface area contributed by atoms with Crippen molar-refractivity contribution < 1.29 is 9.59 Å². The molecule has 164 valence electrons. The number of fused-ring (bicyclic) bond motifs is 1. The third kappa shape index (κ3) is 4.44. The second-order valence-electron chi connectivity index (χ2n) is 8.61. The smallest absolute Gasteiger partial charge is 0.224 e. The lowest BCUT2D eigenvalue weighted by Gasteiger charge is -2.23. The quantitative estimate of drug-likeness (QED) is 0.484. The fourth-order valence-electron chi connectivity index (χ4n) is 3.85. The molecule has 0 aliphatic heterocycles. The number of nitrogens with zero attached hydrogens (tertiary/aromatic N) is 2. The Morgan fingerprint density at radius 2 is 1.88 bits per heavy atom. The SMILES string of the molecule is CC(C)(CNC(=O)C1CC(=O)c2c([nH]c(-c3ccncc3)c2Nc2ccccc2)C1)N=O.